The Balaban J connectivity index is 1.56. The van der Waals surface area contributed by atoms with Crippen LogP contribution in [0, 0.1) is 0 Å². The van der Waals surface area contributed by atoms with Gasteiger partial charge in [-0.1, -0.05) is 50.2 Å². The second-order valence-corrected chi connectivity index (χ2v) is 7.73. The van der Waals surface area contributed by atoms with E-state index in [0.717, 1.165) is 17.5 Å². The average Bonchev–Trinajstić information content (AvgIpc) is 2.77. The molecule has 162 valence electrons. The SMILES string of the molecule is CC[C@H](C)c1ccc(NC(=O)COC(=O)C[C@@H]2c3ccccc3C=CN2C(C)=O)cc1. The van der Waals surface area contributed by atoms with E-state index in [4.69, 9.17) is 4.74 Å². The van der Waals surface area contributed by atoms with Gasteiger partial charge in [0.1, 0.15) is 0 Å². The molecule has 0 fully saturated rings. The topological polar surface area (TPSA) is 75.7 Å². The van der Waals surface area contributed by atoms with Crippen molar-refractivity contribution in [1.29, 1.82) is 0 Å². The molecule has 0 aliphatic carbocycles. The summed E-state index contributed by atoms with van der Waals surface area (Å²) >= 11 is 0. The van der Waals surface area contributed by atoms with Crippen LogP contribution in [-0.4, -0.2) is 29.3 Å². The summed E-state index contributed by atoms with van der Waals surface area (Å²) < 4.78 is 5.19. The van der Waals surface area contributed by atoms with Gasteiger partial charge in [-0.25, -0.2) is 0 Å². The van der Waals surface area contributed by atoms with E-state index >= 15 is 0 Å². The fourth-order valence-electron chi connectivity index (χ4n) is 3.60. The van der Waals surface area contributed by atoms with Gasteiger partial charge in [0.15, 0.2) is 6.61 Å². The quantitative estimate of drug-likeness (QED) is 0.662. The summed E-state index contributed by atoms with van der Waals surface area (Å²) in [6, 6.07) is 14.8. The zero-order chi connectivity index (χ0) is 22.4. The lowest BCUT2D eigenvalue weighted by Crippen LogP contribution is -2.33. The monoisotopic (exact) mass is 420 g/mol. The normalized spacial score (nSPS) is 15.7. The molecular formula is C25H28N2O4. The molecule has 3 rings (SSSR count). The first-order chi connectivity index (χ1) is 14.9. The van der Waals surface area contributed by atoms with Crippen LogP contribution in [0.3, 0.4) is 0 Å². The van der Waals surface area contributed by atoms with E-state index in [-0.39, 0.29) is 18.9 Å². The smallest absolute Gasteiger partial charge is 0.308 e. The third-order valence-corrected chi connectivity index (χ3v) is 5.57. The highest BCUT2D eigenvalue weighted by Gasteiger charge is 2.28. The van der Waals surface area contributed by atoms with Gasteiger partial charge in [-0.15, -0.1) is 0 Å². The van der Waals surface area contributed by atoms with Gasteiger partial charge in [0.2, 0.25) is 5.91 Å². The van der Waals surface area contributed by atoms with E-state index in [1.807, 2.05) is 54.6 Å². The summed E-state index contributed by atoms with van der Waals surface area (Å²) in [5.41, 5.74) is 3.70. The Labute approximate surface area is 182 Å². The Morgan fingerprint density at radius 2 is 1.81 bits per heavy atom. The maximum Gasteiger partial charge on any atom is 0.308 e. The maximum atomic E-state index is 12.4. The molecule has 0 unspecified atom stereocenters. The van der Waals surface area contributed by atoms with Gasteiger partial charge < -0.3 is 15.0 Å². The van der Waals surface area contributed by atoms with Gasteiger partial charge in [-0.2, -0.15) is 0 Å². The van der Waals surface area contributed by atoms with Crippen molar-refractivity contribution < 1.29 is 19.1 Å². The summed E-state index contributed by atoms with van der Waals surface area (Å²) in [7, 11) is 0. The van der Waals surface area contributed by atoms with Crippen LogP contribution >= 0.6 is 0 Å². The summed E-state index contributed by atoms with van der Waals surface area (Å²) in [6.45, 7) is 5.36. The zero-order valence-corrected chi connectivity index (χ0v) is 18.1. The highest BCUT2D eigenvalue weighted by molar-refractivity contribution is 5.92. The number of benzene rings is 2. The number of ether oxygens (including phenoxy) is 1. The first-order valence-electron chi connectivity index (χ1n) is 10.5. The van der Waals surface area contributed by atoms with Crippen LogP contribution < -0.4 is 5.32 Å². The second kappa shape index (κ2) is 10.1. The summed E-state index contributed by atoms with van der Waals surface area (Å²) in [4.78, 5) is 38.2. The maximum absolute atomic E-state index is 12.4. The van der Waals surface area contributed by atoms with Crippen LogP contribution in [0.4, 0.5) is 5.69 Å². The number of anilines is 1. The van der Waals surface area contributed by atoms with Gasteiger partial charge in [0.05, 0.1) is 12.5 Å². The minimum absolute atomic E-state index is 0.0299. The third-order valence-electron chi connectivity index (χ3n) is 5.57. The van der Waals surface area contributed by atoms with Crippen LogP contribution in [-0.2, 0) is 19.1 Å². The predicted octanol–water partition coefficient (Wildman–Crippen LogP) is 4.65. The minimum atomic E-state index is -0.538. The number of nitrogens with one attached hydrogen (secondary N) is 1. The van der Waals surface area contributed by atoms with E-state index in [1.165, 1.54) is 17.4 Å². The number of esters is 1. The summed E-state index contributed by atoms with van der Waals surface area (Å²) in [6.07, 6.45) is 4.54. The molecular weight excluding hydrogens is 392 g/mol. The molecule has 0 bridgehead atoms. The number of hydrogen-bond donors (Lipinski definition) is 1. The van der Waals surface area contributed by atoms with E-state index < -0.39 is 17.9 Å². The molecule has 0 radical (unpaired) electrons. The fraction of sp³-hybridized carbons (Fsp3) is 0.320. The molecule has 0 spiro atoms. The number of carbonyl (C=O) groups is 3. The second-order valence-electron chi connectivity index (χ2n) is 7.73. The van der Waals surface area contributed by atoms with Crippen molar-refractivity contribution >= 4 is 29.5 Å². The lowest BCUT2D eigenvalue weighted by Gasteiger charge is -2.32. The Bertz CT molecular complexity index is 981. The number of rotatable bonds is 7. The highest BCUT2D eigenvalue weighted by atomic mass is 16.5. The van der Waals surface area contributed by atoms with Crippen molar-refractivity contribution in [3.63, 3.8) is 0 Å². The Hall–Kier alpha value is -3.41. The zero-order valence-electron chi connectivity index (χ0n) is 18.1. The number of nitrogens with zero attached hydrogens (tertiary/aromatic N) is 1. The molecule has 1 aliphatic heterocycles. The first kappa shape index (κ1) is 22.3. The standard InChI is InChI=1S/C25H28N2O4/c1-4-17(2)19-9-11-21(12-10-19)26-24(29)16-31-25(30)15-23-22-8-6-5-7-20(22)13-14-27(23)18(3)28/h5-14,17,23H,4,15-16H2,1-3H3,(H,26,29)/t17-,23+/m0/s1. The lowest BCUT2D eigenvalue weighted by atomic mass is 9.94. The molecule has 31 heavy (non-hydrogen) atoms. The van der Waals surface area contributed by atoms with Crippen molar-refractivity contribution in [2.75, 3.05) is 11.9 Å². The van der Waals surface area contributed by atoms with Crippen LogP contribution in [0.5, 0.6) is 0 Å². The lowest BCUT2D eigenvalue weighted by molar-refractivity contribution is -0.149. The molecule has 0 aromatic heterocycles. The molecule has 0 saturated heterocycles. The van der Waals surface area contributed by atoms with Crippen molar-refractivity contribution in [2.24, 2.45) is 0 Å². The van der Waals surface area contributed by atoms with Crippen LogP contribution in [0.15, 0.2) is 54.7 Å². The van der Waals surface area contributed by atoms with Gasteiger partial charge in [0, 0.05) is 18.8 Å². The molecule has 6 nitrogen and oxygen atoms in total. The van der Waals surface area contributed by atoms with Gasteiger partial charge in [-0.05, 0) is 47.2 Å². The number of carbonyl (C=O) groups excluding carboxylic acids is 3. The largest absolute Gasteiger partial charge is 0.455 e. The molecule has 1 heterocycles. The molecule has 6 heteroatoms. The van der Waals surface area contributed by atoms with Gasteiger partial charge in [-0.3, -0.25) is 14.4 Å². The highest BCUT2D eigenvalue weighted by Crippen LogP contribution is 2.33. The summed E-state index contributed by atoms with van der Waals surface area (Å²) in [5, 5.41) is 2.74. The Kier molecular flexibility index (Phi) is 7.23. The molecule has 2 aromatic carbocycles. The molecule has 0 saturated carbocycles. The number of fused-ring (bicyclic) bond motifs is 1. The van der Waals surface area contributed by atoms with Gasteiger partial charge in [0.25, 0.3) is 5.91 Å². The Morgan fingerprint density at radius 1 is 1.10 bits per heavy atom. The molecule has 1 aliphatic rings. The van der Waals surface area contributed by atoms with E-state index in [9.17, 15) is 14.4 Å². The Morgan fingerprint density at radius 3 is 2.48 bits per heavy atom. The van der Waals surface area contributed by atoms with Crippen molar-refractivity contribution in [1.82, 2.24) is 4.90 Å². The molecule has 2 aromatic rings. The van der Waals surface area contributed by atoms with Crippen molar-refractivity contribution in [3.05, 3.63) is 71.4 Å². The minimum Gasteiger partial charge on any atom is -0.455 e. The van der Waals surface area contributed by atoms with E-state index in [0.29, 0.717) is 11.6 Å². The molecule has 1 N–H and O–H groups in total. The summed E-state index contributed by atoms with van der Waals surface area (Å²) in [5.74, 6) is -0.650. The average molecular weight is 421 g/mol. The third kappa shape index (κ3) is 5.60. The number of amides is 2. The van der Waals surface area contributed by atoms with Crippen LogP contribution in [0.2, 0.25) is 0 Å². The van der Waals surface area contributed by atoms with E-state index in [1.54, 1.807) is 6.20 Å². The molecule has 2 atom stereocenters. The number of hydrogen-bond acceptors (Lipinski definition) is 4. The van der Waals surface area contributed by atoms with Crippen molar-refractivity contribution in [2.45, 2.75) is 45.6 Å². The van der Waals surface area contributed by atoms with Gasteiger partial charge >= 0.3 is 5.97 Å². The van der Waals surface area contributed by atoms with Crippen LogP contribution in [0.1, 0.15) is 62.3 Å². The van der Waals surface area contributed by atoms with E-state index in [2.05, 4.69) is 19.2 Å². The van der Waals surface area contributed by atoms with Crippen LogP contribution in [0.25, 0.3) is 6.08 Å². The fourth-order valence-corrected chi connectivity index (χ4v) is 3.60. The van der Waals surface area contributed by atoms with Crippen molar-refractivity contribution in [3.8, 4) is 0 Å². The first-order valence-corrected chi connectivity index (χ1v) is 10.5. The predicted molar refractivity (Wildman–Crippen MR) is 120 cm³/mol. The molecule has 2 amide bonds.